The van der Waals surface area contributed by atoms with E-state index in [1.54, 1.807) is 0 Å². The minimum atomic E-state index is 0.900. The molecule has 1 heterocycles. The van der Waals surface area contributed by atoms with Crippen molar-refractivity contribution in [3.05, 3.63) is 237 Å². The van der Waals surface area contributed by atoms with Crippen molar-refractivity contribution >= 4 is 49.8 Å². The fourth-order valence-corrected chi connectivity index (χ4v) is 8.82. The summed E-state index contributed by atoms with van der Waals surface area (Å²) in [5.41, 5.74) is 16.8. The maximum Gasteiger partial charge on any atom is 0.136 e. The summed E-state index contributed by atoms with van der Waals surface area (Å²) < 4.78 is 6.50. The molecule has 0 bridgehead atoms. The van der Waals surface area contributed by atoms with Crippen LogP contribution in [-0.2, 0) is 0 Å². The molecule has 0 amide bonds. The Morgan fingerprint density at radius 1 is 0.267 bits per heavy atom. The Morgan fingerprint density at radius 2 is 0.750 bits per heavy atom. The molecule has 0 atom stereocenters. The SMILES string of the molecule is c1ccc(-c2ccc(N(c3ccc(-c4ccc5c(-c6ccccc6)cc6oc7ccccc7c6c5c4)cc3)c3ccccc3-c3ccccc3-c3ccccc3)cc2)cc1. The van der Waals surface area contributed by atoms with E-state index in [2.05, 4.69) is 235 Å². The Labute approximate surface area is 349 Å². The van der Waals surface area contributed by atoms with Crippen LogP contribution in [0.25, 0.3) is 88.3 Å². The molecule has 0 radical (unpaired) electrons. The lowest BCUT2D eigenvalue weighted by atomic mass is 9.92. The summed E-state index contributed by atoms with van der Waals surface area (Å²) in [5.74, 6) is 0. The van der Waals surface area contributed by atoms with Crippen molar-refractivity contribution in [2.45, 2.75) is 0 Å². The molecule has 1 aromatic heterocycles. The predicted molar refractivity (Wildman–Crippen MR) is 253 cm³/mol. The molecule has 0 fully saturated rings. The van der Waals surface area contributed by atoms with E-state index in [1.165, 1.54) is 49.7 Å². The van der Waals surface area contributed by atoms with Crippen LogP contribution in [0.5, 0.6) is 0 Å². The van der Waals surface area contributed by atoms with Crippen molar-refractivity contribution in [1.82, 2.24) is 0 Å². The Bertz CT molecular complexity index is 3280. The van der Waals surface area contributed by atoms with Crippen molar-refractivity contribution in [1.29, 1.82) is 0 Å². The lowest BCUT2D eigenvalue weighted by Gasteiger charge is -2.29. The Balaban J connectivity index is 1.05. The highest BCUT2D eigenvalue weighted by atomic mass is 16.3. The van der Waals surface area contributed by atoms with Gasteiger partial charge in [0.2, 0.25) is 0 Å². The third-order valence-electron chi connectivity index (χ3n) is 11.7. The number of benzene rings is 10. The number of furan rings is 1. The lowest BCUT2D eigenvalue weighted by molar-refractivity contribution is 0.669. The molecule has 0 spiro atoms. The van der Waals surface area contributed by atoms with E-state index in [9.17, 15) is 0 Å². The molecular formula is C58H39NO. The Kier molecular flexibility index (Phi) is 8.87. The number of hydrogen-bond acceptors (Lipinski definition) is 2. The molecule has 60 heavy (non-hydrogen) atoms. The number of anilines is 3. The highest BCUT2D eigenvalue weighted by Gasteiger charge is 2.20. The zero-order chi connectivity index (χ0) is 39.8. The molecule has 282 valence electrons. The summed E-state index contributed by atoms with van der Waals surface area (Å²) in [5, 5.41) is 4.67. The number of fused-ring (bicyclic) bond motifs is 5. The van der Waals surface area contributed by atoms with Crippen molar-refractivity contribution in [3.63, 3.8) is 0 Å². The normalized spacial score (nSPS) is 11.3. The van der Waals surface area contributed by atoms with Gasteiger partial charge < -0.3 is 9.32 Å². The van der Waals surface area contributed by atoms with Gasteiger partial charge in [-0.3, -0.25) is 0 Å². The molecule has 2 heteroatoms. The highest BCUT2D eigenvalue weighted by Crippen LogP contribution is 2.45. The number of rotatable bonds is 8. The Hall–Kier alpha value is -7.94. The van der Waals surface area contributed by atoms with Crippen LogP contribution in [0, 0.1) is 0 Å². The van der Waals surface area contributed by atoms with Crippen LogP contribution in [0.4, 0.5) is 17.1 Å². The fraction of sp³-hybridized carbons (Fsp3) is 0. The number of hydrogen-bond donors (Lipinski definition) is 0. The molecule has 0 saturated carbocycles. The molecule has 2 nitrogen and oxygen atoms in total. The maximum absolute atomic E-state index is 6.50. The molecule has 0 N–H and O–H groups in total. The van der Waals surface area contributed by atoms with Gasteiger partial charge in [0.25, 0.3) is 0 Å². The molecule has 10 aromatic carbocycles. The van der Waals surface area contributed by atoms with E-state index in [0.29, 0.717) is 0 Å². The van der Waals surface area contributed by atoms with Crippen LogP contribution < -0.4 is 4.90 Å². The first-order chi connectivity index (χ1) is 29.8. The third-order valence-corrected chi connectivity index (χ3v) is 11.7. The average Bonchev–Trinajstić information content (AvgIpc) is 3.72. The van der Waals surface area contributed by atoms with Crippen molar-refractivity contribution in [2.24, 2.45) is 0 Å². The molecule has 0 aliphatic rings. The van der Waals surface area contributed by atoms with E-state index in [-0.39, 0.29) is 0 Å². The van der Waals surface area contributed by atoms with Gasteiger partial charge in [0.15, 0.2) is 0 Å². The van der Waals surface area contributed by atoms with Gasteiger partial charge in [0.1, 0.15) is 11.2 Å². The largest absolute Gasteiger partial charge is 0.456 e. The molecule has 11 aromatic rings. The summed E-state index contributed by atoms with van der Waals surface area (Å²) in [7, 11) is 0. The van der Waals surface area contributed by atoms with Crippen LogP contribution in [0.3, 0.4) is 0 Å². The fourth-order valence-electron chi connectivity index (χ4n) is 8.82. The molecule has 0 aliphatic heterocycles. The van der Waals surface area contributed by atoms with Gasteiger partial charge in [0, 0.05) is 27.7 Å². The van der Waals surface area contributed by atoms with E-state index >= 15 is 0 Å². The standard InChI is InChI=1S/C58H39NO/c1-4-16-40(17-5-1)41-28-33-46(34-29-41)59(55-26-14-12-24-51(55)49-23-11-10-22-48(49)43-18-6-2-7-19-43)47-35-30-42(31-36-47)45-32-37-50-53(44-20-8-3-9-21-44)39-57-58(54(50)38-45)52-25-13-15-27-56(52)60-57/h1-39H. The van der Waals surface area contributed by atoms with Crippen molar-refractivity contribution in [2.75, 3.05) is 4.90 Å². The highest BCUT2D eigenvalue weighted by molar-refractivity contribution is 6.22. The number of nitrogens with zero attached hydrogens (tertiary/aromatic N) is 1. The van der Waals surface area contributed by atoms with Gasteiger partial charge in [-0.1, -0.05) is 188 Å². The Morgan fingerprint density at radius 3 is 1.42 bits per heavy atom. The second-order valence-electron chi connectivity index (χ2n) is 15.2. The lowest BCUT2D eigenvalue weighted by Crippen LogP contribution is -2.11. The van der Waals surface area contributed by atoms with Gasteiger partial charge in [0.05, 0.1) is 5.69 Å². The molecular weight excluding hydrogens is 727 g/mol. The minimum absolute atomic E-state index is 0.900. The zero-order valence-corrected chi connectivity index (χ0v) is 32.9. The van der Waals surface area contributed by atoms with Gasteiger partial charge in [-0.2, -0.15) is 0 Å². The van der Waals surface area contributed by atoms with Crippen molar-refractivity contribution < 1.29 is 4.42 Å². The van der Waals surface area contributed by atoms with E-state index < -0.39 is 0 Å². The second-order valence-corrected chi connectivity index (χ2v) is 15.2. The van der Waals surface area contributed by atoms with Gasteiger partial charge in [-0.05, 0) is 109 Å². The van der Waals surface area contributed by atoms with E-state index in [4.69, 9.17) is 4.42 Å². The van der Waals surface area contributed by atoms with E-state index in [0.717, 1.165) is 55.7 Å². The van der Waals surface area contributed by atoms with Gasteiger partial charge in [-0.25, -0.2) is 0 Å². The zero-order valence-electron chi connectivity index (χ0n) is 32.9. The van der Waals surface area contributed by atoms with Gasteiger partial charge >= 0.3 is 0 Å². The van der Waals surface area contributed by atoms with E-state index in [1.807, 2.05) is 6.07 Å². The summed E-state index contributed by atoms with van der Waals surface area (Å²) in [6, 6.07) is 84.8. The molecule has 0 unspecified atom stereocenters. The summed E-state index contributed by atoms with van der Waals surface area (Å²) in [6.45, 7) is 0. The van der Waals surface area contributed by atoms with Crippen LogP contribution in [-0.4, -0.2) is 0 Å². The summed E-state index contributed by atoms with van der Waals surface area (Å²) >= 11 is 0. The van der Waals surface area contributed by atoms with Gasteiger partial charge in [-0.15, -0.1) is 0 Å². The third kappa shape index (κ3) is 6.32. The first-order valence-corrected chi connectivity index (χ1v) is 20.5. The summed E-state index contributed by atoms with van der Waals surface area (Å²) in [6.07, 6.45) is 0. The number of para-hydroxylation sites is 2. The smallest absolute Gasteiger partial charge is 0.136 e. The molecule has 11 rings (SSSR count). The first-order valence-electron chi connectivity index (χ1n) is 20.5. The quantitative estimate of drug-likeness (QED) is 0.153. The molecule has 0 aliphatic carbocycles. The second kappa shape index (κ2) is 15.1. The summed E-state index contributed by atoms with van der Waals surface area (Å²) in [4.78, 5) is 2.39. The minimum Gasteiger partial charge on any atom is -0.456 e. The van der Waals surface area contributed by atoms with Crippen LogP contribution in [0.1, 0.15) is 0 Å². The predicted octanol–water partition coefficient (Wildman–Crippen LogP) is 16.5. The monoisotopic (exact) mass is 765 g/mol. The van der Waals surface area contributed by atoms with Crippen molar-refractivity contribution in [3.8, 4) is 55.6 Å². The van der Waals surface area contributed by atoms with Crippen LogP contribution >= 0.6 is 0 Å². The van der Waals surface area contributed by atoms with Crippen LogP contribution in [0.2, 0.25) is 0 Å². The van der Waals surface area contributed by atoms with Crippen LogP contribution in [0.15, 0.2) is 241 Å². The average molecular weight is 766 g/mol. The topological polar surface area (TPSA) is 16.4 Å². The molecule has 0 saturated heterocycles. The maximum atomic E-state index is 6.50. The first kappa shape index (κ1) is 35.2.